The van der Waals surface area contributed by atoms with E-state index in [0.717, 1.165) is 26.1 Å². The van der Waals surface area contributed by atoms with Crippen molar-refractivity contribution in [3.63, 3.8) is 0 Å². The highest BCUT2D eigenvalue weighted by Gasteiger charge is 2.20. The van der Waals surface area contributed by atoms with Gasteiger partial charge in [0.1, 0.15) is 0 Å². The van der Waals surface area contributed by atoms with E-state index in [2.05, 4.69) is 12.2 Å². The van der Waals surface area contributed by atoms with Crippen molar-refractivity contribution in [1.82, 2.24) is 10.2 Å². The number of amides is 1. The Kier molecular flexibility index (Phi) is 4.02. The van der Waals surface area contributed by atoms with Gasteiger partial charge in [0.15, 0.2) is 0 Å². The van der Waals surface area contributed by atoms with Crippen LogP contribution in [0.25, 0.3) is 0 Å². The van der Waals surface area contributed by atoms with E-state index >= 15 is 0 Å². The van der Waals surface area contributed by atoms with E-state index in [1.54, 1.807) is 12.1 Å². The summed E-state index contributed by atoms with van der Waals surface area (Å²) in [6, 6.07) is 7.49. The van der Waals surface area contributed by atoms with E-state index in [-0.39, 0.29) is 5.91 Å². The fraction of sp³-hybridized carbons (Fsp3) is 0.462. The number of nitrogens with one attached hydrogen (secondary N) is 1. The average molecular weight is 253 g/mol. The molecule has 1 aromatic rings. The lowest BCUT2D eigenvalue weighted by atomic mass is 10.2. The van der Waals surface area contributed by atoms with Crippen molar-refractivity contribution in [2.45, 2.75) is 19.4 Å². The quantitative estimate of drug-likeness (QED) is 0.831. The van der Waals surface area contributed by atoms with Crippen molar-refractivity contribution >= 4 is 17.5 Å². The molecule has 1 aromatic carbocycles. The number of hydrogen-bond acceptors (Lipinski definition) is 2. The highest BCUT2D eigenvalue weighted by atomic mass is 35.5. The molecule has 2 rings (SSSR count). The topological polar surface area (TPSA) is 32.3 Å². The highest BCUT2D eigenvalue weighted by molar-refractivity contribution is 6.30. The molecule has 4 heteroatoms. The van der Waals surface area contributed by atoms with Crippen LogP contribution in [0.2, 0.25) is 5.02 Å². The zero-order valence-corrected chi connectivity index (χ0v) is 10.7. The fourth-order valence-corrected chi connectivity index (χ4v) is 2.28. The average Bonchev–Trinajstić information content (AvgIpc) is 2.53. The summed E-state index contributed by atoms with van der Waals surface area (Å²) in [5.41, 5.74) is 0.673. The summed E-state index contributed by atoms with van der Waals surface area (Å²) in [5.74, 6) is 0.0723. The lowest BCUT2D eigenvalue weighted by molar-refractivity contribution is 0.0755. The van der Waals surface area contributed by atoms with E-state index in [9.17, 15) is 4.79 Å². The second-order valence-corrected chi connectivity index (χ2v) is 4.91. The summed E-state index contributed by atoms with van der Waals surface area (Å²) < 4.78 is 0. The minimum absolute atomic E-state index is 0.0723. The number of halogens is 1. The minimum atomic E-state index is 0.0723. The Hall–Kier alpha value is -1.06. The molecule has 1 atom stereocenters. The van der Waals surface area contributed by atoms with Gasteiger partial charge in [0.2, 0.25) is 0 Å². The third-order valence-corrected chi connectivity index (χ3v) is 3.19. The van der Waals surface area contributed by atoms with Gasteiger partial charge in [0, 0.05) is 29.7 Å². The van der Waals surface area contributed by atoms with E-state index in [1.807, 2.05) is 17.0 Å². The van der Waals surface area contributed by atoms with Gasteiger partial charge in [-0.05, 0) is 38.1 Å². The molecule has 1 unspecified atom stereocenters. The van der Waals surface area contributed by atoms with Gasteiger partial charge < -0.3 is 10.2 Å². The summed E-state index contributed by atoms with van der Waals surface area (Å²) in [7, 11) is 0. The van der Waals surface area contributed by atoms with Crippen LogP contribution in [0.3, 0.4) is 0 Å². The fourth-order valence-electron chi connectivity index (χ4n) is 2.09. The maximum Gasteiger partial charge on any atom is 0.253 e. The number of carbonyl (C=O) groups excluding carboxylic acids is 1. The number of benzene rings is 1. The molecule has 1 N–H and O–H groups in total. The molecule has 0 aliphatic carbocycles. The van der Waals surface area contributed by atoms with E-state index in [0.29, 0.717) is 16.6 Å². The number of hydrogen-bond donors (Lipinski definition) is 1. The Labute approximate surface area is 107 Å². The second-order valence-electron chi connectivity index (χ2n) is 4.47. The smallest absolute Gasteiger partial charge is 0.253 e. The van der Waals surface area contributed by atoms with Gasteiger partial charge in [-0.25, -0.2) is 0 Å². The van der Waals surface area contributed by atoms with E-state index in [1.165, 1.54) is 0 Å². The summed E-state index contributed by atoms with van der Waals surface area (Å²) in [6.07, 6.45) is 0.997. The molecule has 92 valence electrons. The Bertz CT molecular complexity index is 408. The van der Waals surface area contributed by atoms with Crippen LogP contribution in [-0.2, 0) is 0 Å². The van der Waals surface area contributed by atoms with Crippen molar-refractivity contribution in [3.8, 4) is 0 Å². The third-order valence-electron chi connectivity index (χ3n) is 2.95. The summed E-state index contributed by atoms with van der Waals surface area (Å²) >= 11 is 5.91. The highest BCUT2D eigenvalue weighted by Crippen LogP contribution is 2.14. The van der Waals surface area contributed by atoms with Crippen molar-refractivity contribution in [2.24, 2.45) is 0 Å². The molecular formula is C13H17ClN2O. The van der Waals surface area contributed by atoms with Crippen LogP contribution in [0, 0.1) is 0 Å². The molecule has 1 heterocycles. The third kappa shape index (κ3) is 3.20. The lowest BCUT2D eigenvalue weighted by Crippen LogP contribution is -2.38. The molecule has 0 spiro atoms. The van der Waals surface area contributed by atoms with Gasteiger partial charge in [-0.2, -0.15) is 0 Å². The Balaban J connectivity index is 2.13. The predicted molar refractivity (Wildman–Crippen MR) is 69.4 cm³/mol. The molecule has 0 bridgehead atoms. The molecule has 0 saturated carbocycles. The van der Waals surface area contributed by atoms with Crippen molar-refractivity contribution < 1.29 is 4.79 Å². The van der Waals surface area contributed by atoms with Crippen LogP contribution >= 0.6 is 11.6 Å². The van der Waals surface area contributed by atoms with Gasteiger partial charge in [0.05, 0.1) is 0 Å². The maximum absolute atomic E-state index is 12.3. The standard InChI is InChI=1S/C13H17ClN2O/c1-10-9-16(7-3-6-15-10)13(17)11-4-2-5-12(14)8-11/h2,4-5,8,10,15H,3,6-7,9H2,1H3. The Morgan fingerprint density at radius 3 is 3.12 bits per heavy atom. The van der Waals surface area contributed by atoms with E-state index in [4.69, 9.17) is 11.6 Å². The van der Waals surface area contributed by atoms with Crippen LogP contribution < -0.4 is 5.32 Å². The van der Waals surface area contributed by atoms with Crippen molar-refractivity contribution in [3.05, 3.63) is 34.9 Å². The van der Waals surface area contributed by atoms with Gasteiger partial charge in [0.25, 0.3) is 5.91 Å². The first-order valence-electron chi connectivity index (χ1n) is 5.95. The number of nitrogens with zero attached hydrogens (tertiary/aromatic N) is 1. The molecule has 3 nitrogen and oxygen atoms in total. The molecule has 1 fully saturated rings. The van der Waals surface area contributed by atoms with Crippen LogP contribution in [0.15, 0.2) is 24.3 Å². The van der Waals surface area contributed by atoms with Crippen molar-refractivity contribution in [2.75, 3.05) is 19.6 Å². The van der Waals surface area contributed by atoms with Crippen LogP contribution in [0.5, 0.6) is 0 Å². The molecule has 0 radical (unpaired) electrons. The lowest BCUT2D eigenvalue weighted by Gasteiger charge is -2.22. The Morgan fingerprint density at radius 1 is 1.53 bits per heavy atom. The molecule has 1 saturated heterocycles. The van der Waals surface area contributed by atoms with Gasteiger partial charge in [-0.3, -0.25) is 4.79 Å². The molecule has 0 aromatic heterocycles. The molecule has 1 aliphatic heterocycles. The van der Waals surface area contributed by atoms with E-state index < -0.39 is 0 Å². The summed E-state index contributed by atoms with van der Waals surface area (Å²) in [6.45, 7) is 4.64. The normalized spacial score (nSPS) is 21.1. The summed E-state index contributed by atoms with van der Waals surface area (Å²) in [4.78, 5) is 14.2. The number of carbonyl (C=O) groups is 1. The summed E-state index contributed by atoms with van der Waals surface area (Å²) in [5, 5.41) is 3.98. The SMILES string of the molecule is CC1CN(C(=O)c2cccc(Cl)c2)CCCN1. The first-order chi connectivity index (χ1) is 8.16. The molecular weight excluding hydrogens is 236 g/mol. The largest absolute Gasteiger partial charge is 0.337 e. The van der Waals surface area contributed by atoms with Gasteiger partial charge in [-0.15, -0.1) is 0 Å². The van der Waals surface area contributed by atoms with Crippen LogP contribution in [-0.4, -0.2) is 36.5 Å². The molecule has 1 aliphatic rings. The first kappa shape index (κ1) is 12.4. The minimum Gasteiger partial charge on any atom is -0.337 e. The Morgan fingerprint density at radius 2 is 2.35 bits per heavy atom. The van der Waals surface area contributed by atoms with Crippen molar-refractivity contribution in [1.29, 1.82) is 0 Å². The van der Waals surface area contributed by atoms with Gasteiger partial charge in [-0.1, -0.05) is 17.7 Å². The second kappa shape index (κ2) is 5.52. The van der Waals surface area contributed by atoms with Gasteiger partial charge >= 0.3 is 0 Å². The maximum atomic E-state index is 12.3. The van der Waals surface area contributed by atoms with Crippen LogP contribution in [0.1, 0.15) is 23.7 Å². The molecule has 17 heavy (non-hydrogen) atoms. The number of rotatable bonds is 1. The first-order valence-corrected chi connectivity index (χ1v) is 6.33. The monoisotopic (exact) mass is 252 g/mol. The zero-order valence-electron chi connectivity index (χ0n) is 9.95. The zero-order chi connectivity index (χ0) is 12.3. The molecule has 1 amide bonds. The van der Waals surface area contributed by atoms with Crippen LogP contribution in [0.4, 0.5) is 0 Å². The predicted octanol–water partition coefficient (Wildman–Crippen LogP) is 2.16.